The molecular formula is C18H20N2O. The van der Waals surface area contributed by atoms with Crippen LogP contribution in [0, 0.1) is 0 Å². The maximum Gasteiger partial charge on any atom is 0.130 e. The van der Waals surface area contributed by atoms with Crippen LogP contribution in [0.3, 0.4) is 0 Å². The quantitative estimate of drug-likeness (QED) is 0.908. The molecule has 1 fully saturated rings. The number of pyridine rings is 1. The van der Waals surface area contributed by atoms with Crippen molar-refractivity contribution in [3.63, 3.8) is 0 Å². The number of ether oxygens (including phenoxy) is 1. The van der Waals surface area contributed by atoms with Crippen LogP contribution < -0.4 is 10.1 Å². The van der Waals surface area contributed by atoms with E-state index in [1.807, 2.05) is 18.3 Å². The van der Waals surface area contributed by atoms with E-state index < -0.39 is 0 Å². The summed E-state index contributed by atoms with van der Waals surface area (Å²) in [5.74, 6) is 1.80. The third kappa shape index (κ3) is 3.08. The third-order valence-corrected chi connectivity index (χ3v) is 4.24. The second-order valence-corrected chi connectivity index (χ2v) is 6.02. The van der Waals surface area contributed by atoms with Crippen molar-refractivity contribution in [3.05, 3.63) is 53.3 Å². The van der Waals surface area contributed by atoms with Crippen LogP contribution in [0.5, 0.6) is 11.5 Å². The first kappa shape index (κ1) is 12.8. The molecule has 0 radical (unpaired) electrons. The molecule has 0 aliphatic heterocycles. The van der Waals surface area contributed by atoms with E-state index in [0.29, 0.717) is 6.04 Å². The smallest absolute Gasteiger partial charge is 0.130 e. The lowest BCUT2D eigenvalue weighted by molar-refractivity contribution is 0.479. The summed E-state index contributed by atoms with van der Waals surface area (Å²) in [6, 6.07) is 11.1. The topological polar surface area (TPSA) is 34.1 Å². The highest BCUT2D eigenvalue weighted by molar-refractivity contribution is 5.40. The van der Waals surface area contributed by atoms with Crippen molar-refractivity contribution >= 4 is 0 Å². The summed E-state index contributed by atoms with van der Waals surface area (Å²) in [4.78, 5) is 4.40. The van der Waals surface area contributed by atoms with Gasteiger partial charge in [0, 0.05) is 24.8 Å². The van der Waals surface area contributed by atoms with Gasteiger partial charge >= 0.3 is 0 Å². The second kappa shape index (κ2) is 5.49. The first-order chi connectivity index (χ1) is 10.4. The first-order valence-electron chi connectivity index (χ1n) is 7.85. The fourth-order valence-electron chi connectivity index (χ4n) is 2.90. The predicted octanol–water partition coefficient (Wildman–Crippen LogP) is 3.61. The van der Waals surface area contributed by atoms with E-state index >= 15 is 0 Å². The van der Waals surface area contributed by atoms with Crippen molar-refractivity contribution in [1.82, 2.24) is 10.3 Å². The van der Waals surface area contributed by atoms with Gasteiger partial charge in [-0.1, -0.05) is 6.07 Å². The van der Waals surface area contributed by atoms with Crippen LogP contribution in [-0.2, 0) is 19.4 Å². The highest BCUT2D eigenvalue weighted by atomic mass is 16.5. The minimum atomic E-state index is 0.702. The molecule has 0 bridgehead atoms. The van der Waals surface area contributed by atoms with Gasteiger partial charge in [0.2, 0.25) is 0 Å². The van der Waals surface area contributed by atoms with Crippen LogP contribution in [0.15, 0.2) is 36.5 Å². The number of nitrogens with zero attached hydrogens (tertiary/aromatic N) is 1. The van der Waals surface area contributed by atoms with Crippen molar-refractivity contribution < 1.29 is 4.74 Å². The zero-order valence-electron chi connectivity index (χ0n) is 12.1. The second-order valence-electron chi connectivity index (χ2n) is 6.02. The minimum Gasteiger partial charge on any atom is -0.457 e. The molecule has 1 N–H and O–H groups in total. The van der Waals surface area contributed by atoms with Gasteiger partial charge in [0.1, 0.15) is 11.5 Å². The van der Waals surface area contributed by atoms with E-state index in [4.69, 9.17) is 4.74 Å². The van der Waals surface area contributed by atoms with Crippen LogP contribution in [-0.4, -0.2) is 11.0 Å². The Bertz CT molecular complexity index is 649. The minimum absolute atomic E-state index is 0.702. The van der Waals surface area contributed by atoms with Crippen molar-refractivity contribution in [2.24, 2.45) is 0 Å². The normalized spacial score (nSPS) is 16.8. The Labute approximate surface area is 125 Å². The Balaban J connectivity index is 1.47. The van der Waals surface area contributed by atoms with Crippen molar-refractivity contribution in [2.45, 2.75) is 44.7 Å². The zero-order valence-corrected chi connectivity index (χ0v) is 12.1. The number of benzene rings is 1. The molecular weight excluding hydrogens is 260 g/mol. The number of hydrogen-bond donors (Lipinski definition) is 1. The first-order valence-corrected chi connectivity index (χ1v) is 7.85. The van der Waals surface area contributed by atoms with Gasteiger partial charge in [-0.2, -0.15) is 0 Å². The fourth-order valence-corrected chi connectivity index (χ4v) is 2.90. The molecule has 108 valence electrons. The number of rotatable bonds is 5. The van der Waals surface area contributed by atoms with Crippen LogP contribution in [0.4, 0.5) is 0 Å². The molecule has 1 aromatic heterocycles. The molecule has 3 heteroatoms. The maximum absolute atomic E-state index is 6.00. The van der Waals surface area contributed by atoms with Gasteiger partial charge in [0.05, 0.1) is 5.69 Å². The van der Waals surface area contributed by atoms with Crippen molar-refractivity contribution in [1.29, 1.82) is 0 Å². The summed E-state index contributed by atoms with van der Waals surface area (Å²) >= 11 is 0. The van der Waals surface area contributed by atoms with E-state index in [-0.39, 0.29) is 0 Å². The lowest BCUT2D eigenvalue weighted by Crippen LogP contribution is -2.16. The van der Waals surface area contributed by atoms with Crippen LogP contribution in [0.1, 0.15) is 36.1 Å². The predicted molar refractivity (Wildman–Crippen MR) is 82.6 cm³/mol. The fraction of sp³-hybridized carbons (Fsp3) is 0.389. The summed E-state index contributed by atoms with van der Waals surface area (Å²) in [5.41, 5.74) is 3.96. The number of aryl methyl sites for hydroxylation is 2. The summed E-state index contributed by atoms with van der Waals surface area (Å²) in [6.07, 6.45) is 8.08. The lowest BCUT2D eigenvalue weighted by Gasteiger charge is -2.09. The third-order valence-electron chi connectivity index (χ3n) is 4.24. The number of fused-ring (bicyclic) bond motifs is 1. The Hall–Kier alpha value is -1.87. The Kier molecular flexibility index (Phi) is 3.36. The average Bonchev–Trinajstić information content (AvgIpc) is 3.22. The summed E-state index contributed by atoms with van der Waals surface area (Å²) < 4.78 is 6.00. The average molecular weight is 280 g/mol. The van der Waals surface area contributed by atoms with Crippen LogP contribution in [0.25, 0.3) is 0 Å². The Morgan fingerprint density at radius 2 is 1.90 bits per heavy atom. The largest absolute Gasteiger partial charge is 0.457 e. The van der Waals surface area contributed by atoms with E-state index in [1.54, 1.807) is 0 Å². The maximum atomic E-state index is 6.00. The number of nitrogens with one attached hydrogen (secondary N) is 1. The highest BCUT2D eigenvalue weighted by Gasteiger charge is 2.20. The molecule has 1 saturated carbocycles. The molecule has 21 heavy (non-hydrogen) atoms. The summed E-state index contributed by atoms with van der Waals surface area (Å²) in [5, 5.41) is 3.48. The van der Waals surface area contributed by atoms with E-state index in [0.717, 1.165) is 23.7 Å². The Morgan fingerprint density at radius 1 is 1.05 bits per heavy atom. The SMILES string of the molecule is c1cc(Oc2ccc3c(c2)CCC3)cc(CNC2CC2)n1. The molecule has 0 unspecified atom stereocenters. The molecule has 1 heterocycles. The summed E-state index contributed by atoms with van der Waals surface area (Å²) in [7, 11) is 0. The molecule has 2 aliphatic carbocycles. The zero-order chi connectivity index (χ0) is 14.1. The van der Waals surface area contributed by atoms with Crippen LogP contribution >= 0.6 is 0 Å². The van der Waals surface area contributed by atoms with Crippen molar-refractivity contribution in [2.75, 3.05) is 0 Å². The molecule has 0 amide bonds. The van der Waals surface area contributed by atoms with Gasteiger partial charge in [0.25, 0.3) is 0 Å². The number of hydrogen-bond acceptors (Lipinski definition) is 3. The molecule has 0 saturated heterocycles. The van der Waals surface area contributed by atoms with E-state index in [2.05, 4.69) is 28.5 Å². The van der Waals surface area contributed by atoms with Gasteiger partial charge in [-0.15, -0.1) is 0 Å². The monoisotopic (exact) mass is 280 g/mol. The van der Waals surface area contributed by atoms with Gasteiger partial charge in [0.15, 0.2) is 0 Å². The molecule has 1 aromatic carbocycles. The van der Waals surface area contributed by atoms with Crippen LogP contribution in [0.2, 0.25) is 0 Å². The molecule has 2 aliphatic rings. The van der Waals surface area contributed by atoms with Gasteiger partial charge < -0.3 is 10.1 Å². The molecule has 0 spiro atoms. The summed E-state index contributed by atoms with van der Waals surface area (Å²) in [6.45, 7) is 0.825. The van der Waals surface area contributed by atoms with E-state index in [9.17, 15) is 0 Å². The van der Waals surface area contributed by atoms with Gasteiger partial charge in [-0.25, -0.2) is 0 Å². The Morgan fingerprint density at radius 3 is 2.81 bits per heavy atom. The molecule has 0 atom stereocenters. The van der Waals surface area contributed by atoms with Gasteiger partial charge in [-0.3, -0.25) is 4.98 Å². The lowest BCUT2D eigenvalue weighted by atomic mass is 10.1. The van der Waals surface area contributed by atoms with E-state index in [1.165, 1.54) is 43.2 Å². The standard InChI is InChI=1S/C18H20N2O/c1-2-13-4-7-17(10-14(13)3-1)21-18-8-9-19-16(11-18)12-20-15-5-6-15/h4,7-11,15,20H,1-3,5-6,12H2. The van der Waals surface area contributed by atoms with Gasteiger partial charge in [-0.05, 0) is 61.4 Å². The highest BCUT2D eigenvalue weighted by Crippen LogP contribution is 2.29. The number of aromatic nitrogens is 1. The molecule has 3 nitrogen and oxygen atoms in total. The molecule has 2 aromatic rings. The molecule has 4 rings (SSSR count). The van der Waals surface area contributed by atoms with Crippen molar-refractivity contribution in [3.8, 4) is 11.5 Å².